The molecule has 1 aliphatic heterocycles. The van der Waals surface area contributed by atoms with Crippen molar-refractivity contribution in [2.75, 3.05) is 7.11 Å². The lowest BCUT2D eigenvalue weighted by Crippen LogP contribution is -2.06. The molecule has 0 saturated carbocycles. The fourth-order valence-corrected chi connectivity index (χ4v) is 3.10. The number of rotatable bonds is 5. The minimum Gasteiger partial charge on any atom is -0.490 e. The summed E-state index contributed by atoms with van der Waals surface area (Å²) in [6.07, 6.45) is 1.45. The summed E-state index contributed by atoms with van der Waals surface area (Å²) in [5, 5.41) is 11.2. The third kappa shape index (κ3) is 3.87. The summed E-state index contributed by atoms with van der Waals surface area (Å²) >= 11 is 3.38. The first-order valence-electron chi connectivity index (χ1n) is 8.66. The molecule has 1 aromatic heterocycles. The molecule has 0 bridgehead atoms. The van der Waals surface area contributed by atoms with Gasteiger partial charge in [-0.25, -0.2) is 9.79 Å². The number of ether oxygens (including phenoxy) is 2. The first kappa shape index (κ1) is 19.6. The van der Waals surface area contributed by atoms with Crippen molar-refractivity contribution in [2.24, 2.45) is 4.99 Å². The van der Waals surface area contributed by atoms with Gasteiger partial charge < -0.3 is 13.9 Å². The van der Waals surface area contributed by atoms with E-state index in [1.165, 1.54) is 31.4 Å². The molecule has 1 aliphatic rings. The molecule has 9 heteroatoms. The number of halogens is 1. The summed E-state index contributed by atoms with van der Waals surface area (Å²) in [6.45, 7) is 0. The Morgan fingerprint density at radius 1 is 1.10 bits per heavy atom. The third-order valence-corrected chi connectivity index (χ3v) is 4.81. The number of furan rings is 1. The van der Waals surface area contributed by atoms with Crippen molar-refractivity contribution in [3.8, 4) is 17.1 Å². The van der Waals surface area contributed by atoms with Gasteiger partial charge in [0.25, 0.3) is 0 Å². The Kier molecular flexibility index (Phi) is 5.20. The van der Waals surface area contributed by atoms with E-state index in [2.05, 4.69) is 20.9 Å². The van der Waals surface area contributed by atoms with E-state index in [-0.39, 0.29) is 28.6 Å². The van der Waals surface area contributed by atoms with Gasteiger partial charge in [-0.15, -0.1) is 0 Å². The predicted molar refractivity (Wildman–Crippen MR) is 112 cm³/mol. The molecule has 2 heterocycles. The number of nitro benzene ring substituents is 1. The molecule has 3 aromatic rings. The quantitative estimate of drug-likeness (QED) is 0.226. The molecule has 0 saturated heterocycles. The van der Waals surface area contributed by atoms with Gasteiger partial charge in [-0.05, 0) is 36.4 Å². The van der Waals surface area contributed by atoms with Crippen LogP contribution in [0.25, 0.3) is 17.4 Å². The van der Waals surface area contributed by atoms with Gasteiger partial charge in [0, 0.05) is 27.7 Å². The normalized spacial score (nSPS) is 14.5. The van der Waals surface area contributed by atoms with Crippen LogP contribution in [0.2, 0.25) is 0 Å². The molecule has 0 N–H and O–H groups in total. The van der Waals surface area contributed by atoms with Crippen molar-refractivity contribution < 1.29 is 23.6 Å². The second-order valence-electron chi connectivity index (χ2n) is 6.19. The van der Waals surface area contributed by atoms with Crippen LogP contribution in [0.3, 0.4) is 0 Å². The molecule has 0 unspecified atom stereocenters. The number of carbonyl (C=O) groups is 1. The summed E-state index contributed by atoms with van der Waals surface area (Å²) in [5.41, 5.74) is 0.942. The number of carbonyl (C=O) groups excluding carboxylic acids is 1. The maximum Gasteiger partial charge on any atom is 0.363 e. The molecule has 0 atom stereocenters. The lowest BCUT2D eigenvalue weighted by Gasteiger charge is -2.03. The van der Waals surface area contributed by atoms with Crippen LogP contribution in [0.4, 0.5) is 5.69 Å². The van der Waals surface area contributed by atoms with Crippen molar-refractivity contribution >= 4 is 39.6 Å². The van der Waals surface area contributed by atoms with E-state index >= 15 is 0 Å². The highest BCUT2D eigenvalue weighted by Crippen LogP contribution is 2.30. The first-order valence-corrected chi connectivity index (χ1v) is 9.45. The number of benzene rings is 2. The van der Waals surface area contributed by atoms with E-state index in [1.807, 2.05) is 24.3 Å². The fraction of sp³-hybridized carbons (Fsp3) is 0.0476. The molecule has 8 nitrogen and oxygen atoms in total. The van der Waals surface area contributed by atoms with Gasteiger partial charge in [0.2, 0.25) is 5.90 Å². The van der Waals surface area contributed by atoms with Crippen LogP contribution in [-0.4, -0.2) is 23.9 Å². The summed E-state index contributed by atoms with van der Waals surface area (Å²) < 4.78 is 16.9. The van der Waals surface area contributed by atoms with E-state index in [4.69, 9.17) is 13.9 Å². The highest BCUT2D eigenvalue weighted by molar-refractivity contribution is 9.10. The number of hydrogen-bond donors (Lipinski definition) is 0. The molecule has 0 spiro atoms. The van der Waals surface area contributed by atoms with Gasteiger partial charge in [0.15, 0.2) is 11.4 Å². The molecule has 0 fully saturated rings. The van der Waals surface area contributed by atoms with Crippen LogP contribution in [0.15, 0.2) is 74.2 Å². The van der Waals surface area contributed by atoms with Crippen molar-refractivity contribution in [2.45, 2.75) is 0 Å². The van der Waals surface area contributed by atoms with Crippen LogP contribution in [0, 0.1) is 10.1 Å². The van der Waals surface area contributed by atoms with Crippen LogP contribution < -0.4 is 4.74 Å². The van der Waals surface area contributed by atoms with Crippen LogP contribution >= 0.6 is 15.9 Å². The summed E-state index contributed by atoms with van der Waals surface area (Å²) in [6, 6.07) is 15.3. The van der Waals surface area contributed by atoms with Gasteiger partial charge in [-0.3, -0.25) is 10.1 Å². The molecule has 150 valence electrons. The molecule has 0 aliphatic carbocycles. The topological polar surface area (TPSA) is 104 Å². The monoisotopic (exact) mass is 468 g/mol. The van der Waals surface area contributed by atoms with Crippen molar-refractivity contribution in [3.63, 3.8) is 0 Å². The SMILES string of the molecule is COc1ccc(C2=N/C(=C\c3ccc(-c4ccc(Br)cc4)o3)C(=O)O2)cc1[N+](=O)[O-]. The Morgan fingerprint density at radius 3 is 2.53 bits per heavy atom. The Hall–Kier alpha value is -3.72. The van der Waals surface area contributed by atoms with E-state index in [0.29, 0.717) is 11.5 Å². The van der Waals surface area contributed by atoms with Crippen LogP contribution in [-0.2, 0) is 9.53 Å². The van der Waals surface area contributed by atoms with Crippen LogP contribution in [0.5, 0.6) is 5.75 Å². The number of methoxy groups -OCH3 is 1. The summed E-state index contributed by atoms with van der Waals surface area (Å²) in [7, 11) is 1.34. The van der Waals surface area contributed by atoms with Crippen molar-refractivity contribution in [1.29, 1.82) is 0 Å². The second kappa shape index (κ2) is 7.96. The zero-order chi connectivity index (χ0) is 21.3. The second-order valence-corrected chi connectivity index (χ2v) is 7.10. The molecule has 0 amide bonds. The molecular weight excluding hydrogens is 456 g/mol. The average molecular weight is 469 g/mol. The number of hydrogen-bond acceptors (Lipinski definition) is 7. The maximum absolute atomic E-state index is 12.2. The smallest absolute Gasteiger partial charge is 0.363 e. The largest absolute Gasteiger partial charge is 0.490 e. The summed E-state index contributed by atoms with van der Waals surface area (Å²) in [4.78, 5) is 27.0. The van der Waals surface area contributed by atoms with Gasteiger partial charge in [-0.1, -0.05) is 28.1 Å². The Bertz CT molecular complexity index is 1210. The average Bonchev–Trinajstić information content (AvgIpc) is 3.35. The Morgan fingerprint density at radius 2 is 1.83 bits per heavy atom. The number of nitro groups is 1. The van der Waals surface area contributed by atoms with Gasteiger partial charge in [0.1, 0.15) is 11.5 Å². The van der Waals surface area contributed by atoms with Crippen molar-refractivity contribution in [1.82, 2.24) is 0 Å². The minimum absolute atomic E-state index is 0.0279. The van der Waals surface area contributed by atoms with Gasteiger partial charge in [0.05, 0.1) is 12.0 Å². The van der Waals surface area contributed by atoms with Gasteiger partial charge >= 0.3 is 11.7 Å². The van der Waals surface area contributed by atoms with Crippen molar-refractivity contribution in [3.05, 3.63) is 86.2 Å². The number of esters is 1. The Balaban J connectivity index is 1.63. The molecule has 2 aromatic carbocycles. The highest BCUT2D eigenvalue weighted by Gasteiger charge is 2.27. The maximum atomic E-state index is 12.2. The number of aliphatic imine (C=N–C) groups is 1. The minimum atomic E-state index is -0.676. The number of cyclic esters (lactones) is 1. The van der Waals surface area contributed by atoms with E-state index in [1.54, 1.807) is 12.1 Å². The van der Waals surface area contributed by atoms with E-state index in [0.717, 1.165) is 10.0 Å². The zero-order valence-corrected chi connectivity index (χ0v) is 17.1. The lowest BCUT2D eigenvalue weighted by atomic mass is 10.2. The standard InChI is InChI=1S/C21H13BrN2O6/c1-28-19-8-4-13(10-17(19)24(26)27)20-23-16(21(25)30-20)11-15-7-9-18(29-15)12-2-5-14(22)6-3-12/h2-11H,1H3/b16-11-. The van der Waals surface area contributed by atoms with Gasteiger partial charge in [-0.2, -0.15) is 0 Å². The Labute approximate surface area is 178 Å². The first-order chi connectivity index (χ1) is 14.4. The predicted octanol–water partition coefficient (Wildman–Crippen LogP) is 4.97. The lowest BCUT2D eigenvalue weighted by molar-refractivity contribution is -0.385. The highest BCUT2D eigenvalue weighted by atomic mass is 79.9. The fourth-order valence-electron chi connectivity index (χ4n) is 2.83. The molecule has 4 rings (SSSR count). The van der Waals surface area contributed by atoms with Crippen LogP contribution in [0.1, 0.15) is 11.3 Å². The zero-order valence-electron chi connectivity index (χ0n) is 15.5. The molecule has 0 radical (unpaired) electrons. The summed E-state index contributed by atoms with van der Waals surface area (Å²) in [5.74, 6) is 0.448. The van der Waals surface area contributed by atoms with E-state index in [9.17, 15) is 14.9 Å². The number of nitrogens with zero attached hydrogens (tertiary/aromatic N) is 2. The molecular formula is C21H13BrN2O6. The van der Waals surface area contributed by atoms with E-state index < -0.39 is 10.9 Å². The molecule has 30 heavy (non-hydrogen) atoms. The third-order valence-electron chi connectivity index (χ3n) is 4.28.